The molecule has 104 valence electrons. The second-order valence-electron chi connectivity index (χ2n) is 4.71. The number of para-hydroxylation sites is 1. The molecule has 0 spiro atoms. The topological polar surface area (TPSA) is 45.0 Å². The van der Waals surface area contributed by atoms with Crippen LogP contribution in [0.15, 0.2) is 24.3 Å². The van der Waals surface area contributed by atoms with Gasteiger partial charge in [-0.05, 0) is 44.9 Å². The lowest BCUT2D eigenvalue weighted by Crippen LogP contribution is -2.40. The third-order valence-electron chi connectivity index (χ3n) is 2.98. The molecule has 0 saturated heterocycles. The first-order chi connectivity index (χ1) is 9.11. The Hall–Kier alpha value is -1.60. The van der Waals surface area contributed by atoms with Crippen molar-refractivity contribution < 1.29 is 9.13 Å². The highest BCUT2D eigenvalue weighted by Crippen LogP contribution is 2.17. The van der Waals surface area contributed by atoms with Crippen molar-refractivity contribution in [1.29, 1.82) is 5.26 Å². The molecule has 0 fully saturated rings. The lowest BCUT2D eigenvalue weighted by Gasteiger charge is -2.22. The van der Waals surface area contributed by atoms with Crippen molar-refractivity contribution in [2.75, 3.05) is 13.2 Å². The van der Waals surface area contributed by atoms with E-state index in [9.17, 15) is 4.39 Å². The van der Waals surface area contributed by atoms with E-state index in [0.717, 1.165) is 25.8 Å². The molecule has 0 amide bonds. The van der Waals surface area contributed by atoms with Crippen LogP contribution in [-0.4, -0.2) is 18.7 Å². The number of nitriles is 1. The third-order valence-corrected chi connectivity index (χ3v) is 2.98. The summed E-state index contributed by atoms with van der Waals surface area (Å²) in [5.74, 6) is -0.0470. The van der Waals surface area contributed by atoms with Crippen LogP contribution in [0.2, 0.25) is 0 Å². The summed E-state index contributed by atoms with van der Waals surface area (Å²) >= 11 is 0. The van der Waals surface area contributed by atoms with Gasteiger partial charge < -0.3 is 4.74 Å². The van der Waals surface area contributed by atoms with E-state index in [0.29, 0.717) is 6.61 Å². The molecule has 0 radical (unpaired) electrons. The Bertz CT molecular complexity index is 430. The van der Waals surface area contributed by atoms with E-state index in [1.54, 1.807) is 18.2 Å². The molecule has 19 heavy (non-hydrogen) atoms. The van der Waals surface area contributed by atoms with Gasteiger partial charge in [-0.2, -0.15) is 5.26 Å². The molecule has 0 aromatic heterocycles. The van der Waals surface area contributed by atoms with E-state index in [2.05, 4.69) is 11.4 Å². The van der Waals surface area contributed by atoms with Crippen LogP contribution in [0.5, 0.6) is 5.75 Å². The number of hydrogen-bond donors (Lipinski definition) is 1. The Kier molecular flexibility index (Phi) is 6.31. The van der Waals surface area contributed by atoms with Crippen molar-refractivity contribution >= 4 is 0 Å². The maximum atomic E-state index is 13.3. The van der Waals surface area contributed by atoms with Gasteiger partial charge in [-0.3, -0.25) is 5.32 Å². The summed E-state index contributed by atoms with van der Waals surface area (Å²) in [5, 5.41) is 12.3. The minimum atomic E-state index is -0.479. The zero-order valence-electron chi connectivity index (χ0n) is 11.6. The van der Waals surface area contributed by atoms with Gasteiger partial charge in [0.15, 0.2) is 11.6 Å². The molecule has 1 rings (SSSR count). The molecule has 0 saturated carbocycles. The number of benzene rings is 1. The van der Waals surface area contributed by atoms with Gasteiger partial charge in [-0.15, -0.1) is 0 Å². The standard InChI is InChI=1S/C15H21FN2O/c1-3-18-15(2,12-17)10-6-7-11-19-14-9-5-4-8-13(14)16/h4-5,8-9,18H,3,6-7,10-11H2,1-2H3. The minimum Gasteiger partial charge on any atom is -0.491 e. The van der Waals surface area contributed by atoms with Gasteiger partial charge >= 0.3 is 0 Å². The fourth-order valence-electron chi connectivity index (χ4n) is 1.90. The molecule has 1 aromatic rings. The van der Waals surface area contributed by atoms with Crippen LogP contribution in [-0.2, 0) is 0 Å². The molecule has 0 aliphatic rings. The molecule has 1 N–H and O–H groups in total. The van der Waals surface area contributed by atoms with Crippen LogP contribution >= 0.6 is 0 Å². The Morgan fingerprint density at radius 2 is 2.11 bits per heavy atom. The first-order valence-corrected chi connectivity index (χ1v) is 6.65. The Balaban J connectivity index is 2.25. The van der Waals surface area contributed by atoms with Gasteiger partial charge in [0, 0.05) is 0 Å². The first-order valence-electron chi connectivity index (χ1n) is 6.65. The van der Waals surface area contributed by atoms with Crippen LogP contribution in [0.4, 0.5) is 4.39 Å². The van der Waals surface area contributed by atoms with Crippen LogP contribution in [0.25, 0.3) is 0 Å². The highest BCUT2D eigenvalue weighted by molar-refractivity contribution is 5.23. The highest BCUT2D eigenvalue weighted by atomic mass is 19.1. The fraction of sp³-hybridized carbons (Fsp3) is 0.533. The molecule has 3 nitrogen and oxygen atoms in total. The summed E-state index contributed by atoms with van der Waals surface area (Å²) in [6.45, 7) is 5.12. The molecule has 1 atom stereocenters. The number of rotatable bonds is 8. The first kappa shape index (κ1) is 15.5. The molecular formula is C15H21FN2O. The minimum absolute atomic E-state index is 0.289. The molecule has 4 heteroatoms. The van der Waals surface area contributed by atoms with Gasteiger partial charge in [0.1, 0.15) is 5.54 Å². The summed E-state index contributed by atoms with van der Waals surface area (Å²) in [4.78, 5) is 0. The second-order valence-corrected chi connectivity index (χ2v) is 4.71. The summed E-state index contributed by atoms with van der Waals surface area (Å²) in [5.41, 5.74) is -0.479. The molecular weight excluding hydrogens is 243 g/mol. The summed E-state index contributed by atoms with van der Waals surface area (Å²) in [6, 6.07) is 8.67. The Labute approximate surface area is 114 Å². The average molecular weight is 264 g/mol. The molecule has 0 aliphatic heterocycles. The molecule has 0 heterocycles. The van der Waals surface area contributed by atoms with E-state index in [4.69, 9.17) is 10.00 Å². The van der Waals surface area contributed by atoms with Crippen LogP contribution in [0, 0.1) is 17.1 Å². The number of hydrogen-bond acceptors (Lipinski definition) is 3. The summed E-state index contributed by atoms with van der Waals surface area (Å²) in [6.07, 6.45) is 2.43. The lowest BCUT2D eigenvalue weighted by atomic mass is 9.97. The van der Waals surface area contributed by atoms with Gasteiger partial charge in [0.2, 0.25) is 0 Å². The van der Waals surface area contributed by atoms with Crippen molar-refractivity contribution in [2.24, 2.45) is 0 Å². The highest BCUT2D eigenvalue weighted by Gasteiger charge is 2.21. The monoisotopic (exact) mass is 264 g/mol. The average Bonchev–Trinajstić information content (AvgIpc) is 2.41. The largest absolute Gasteiger partial charge is 0.491 e. The fourth-order valence-corrected chi connectivity index (χ4v) is 1.90. The second kappa shape index (κ2) is 7.75. The third kappa shape index (κ3) is 5.27. The smallest absolute Gasteiger partial charge is 0.165 e. The number of ether oxygens (including phenoxy) is 1. The molecule has 1 aromatic carbocycles. The number of nitrogens with one attached hydrogen (secondary N) is 1. The van der Waals surface area contributed by atoms with E-state index >= 15 is 0 Å². The lowest BCUT2D eigenvalue weighted by molar-refractivity contribution is 0.283. The SMILES string of the molecule is CCNC(C)(C#N)CCCCOc1ccccc1F. The Morgan fingerprint density at radius 3 is 2.74 bits per heavy atom. The Morgan fingerprint density at radius 1 is 1.37 bits per heavy atom. The zero-order chi connectivity index (χ0) is 14.1. The van der Waals surface area contributed by atoms with Crippen molar-refractivity contribution in [3.8, 4) is 11.8 Å². The van der Waals surface area contributed by atoms with Crippen LogP contribution in [0.3, 0.4) is 0 Å². The van der Waals surface area contributed by atoms with E-state index < -0.39 is 5.54 Å². The summed E-state index contributed by atoms with van der Waals surface area (Å²) in [7, 11) is 0. The van der Waals surface area contributed by atoms with Crippen LogP contribution in [0.1, 0.15) is 33.1 Å². The molecule has 0 aliphatic carbocycles. The normalized spacial score (nSPS) is 13.6. The predicted molar refractivity (Wildman–Crippen MR) is 73.4 cm³/mol. The van der Waals surface area contributed by atoms with Gasteiger partial charge in [0.25, 0.3) is 0 Å². The van der Waals surface area contributed by atoms with Crippen molar-refractivity contribution in [1.82, 2.24) is 5.32 Å². The van der Waals surface area contributed by atoms with Gasteiger partial charge in [-0.1, -0.05) is 19.1 Å². The molecule has 1 unspecified atom stereocenters. The summed E-state index contributed by atoms with van der Waals surface area (Å²) < 4.78 is 18.6. The number of nitrogens with zero attached hydrogens (tertiary/aromatic N) is 1. The van der Waals surface area contributed by atoms with Crippen molar-refractivity contribution in [3.05, 3.63) is 30.1 Å². The number of halogens is 1. The number of unbranched alkanes of at least 4 members (excludes halogenated alkanes) is 1. The maximum Gasteiger partial charge on any atom is 0.165 e. The quantitative estimate of drug-likeness (QED) is 0.733. The molecule has 0 bridgehead atoms. The zero-order valence-corrected chi connectivity index (χ0v) is 11.6. The van der Waals surface area contributed by atoms with Crippen molar-refractivity contribution in [2.45, 2.75) is 38.6 Å². The van der Waals surface area contributed by atoms with Crippen LogP contribution < -0.4 is 10.1 Å². The predicted octanol–water partition coefficient (Wildman–Crippen LogP) is 3.27. The van der Waals surface area contributed by atoms with E-state index in [1.165, 1.54) is 6.07 Å². The van der Waals surface area contributed by atoms with Crippen molar-refractivity contribution in [3.63, 3.8) is 0 Å². The maximum absolute atomic E-state index is 13.3. The van der Waals surface area contributed by atoms with E-state index in [-0.39, 0.29) is 11.6 Å². The van der Waals surface area contributed by atoms with E-state index in [1.807, 2.05) is 13.8 Å². The van der Waals surface area contributed by atoms with Gasteiger partial charge in [-0.25, -0.2) is 4.39 Å². The van der Waals surface area contributed by atoms with Gasteiger partial charge in [0.05, 0.1) is 12.7 Å².